The Morgan fingerprint density at radius 3 is 2.46 bits per heavy atom. The molecule has 150 valence electrons. The number of aryl methyl sites for hydroxylation is 1. The second-order valence-electron chi connectivity index (χ2n) is 5.83. The number of rotatable bonds is 8. The highest BCUT2D eigenvalue weighted by molar-refractivity contribution is 7.80. The summed E-state index contributed by atoms with van der Waals surface area (Å²) >= 11 is 6.55. The Labute approximate surface area is 173 Å². The number of nitrogens with two attached hydrogens (primary N) is 1. The zero-order valence-corrected chi connectivity index (χ0v) is 17.6. The predicted octanol–water partition coefficient (Wildman–Crippen LogP) is 3.01. The zero-order valence-electron chi connectivity index (χ0n) is 16.0. The van der Waals surface area contributed by atoms with Gasteiger partial charge in [-0.05, 0) is 62.8 Å². The van der Waals surface area contributed by atoms with E-state index in [1.54, 1.807) is 24.3 Å². The van der Waals surface area contributed by atoms with Crippen LogP contribution in [0.3, 0.4) is 0 Å². The van der Waals surface area contributed by atoms with Gasteiger partial charge in [-0.3, -0.25) is 14.9 Å². The number of thiophene rings is 1. The molecule has 4 N–H and O–H groups in total. The van der Waals surface area contributed by atoms with Gasteiger partial charge in [0.15, 0.2) is 5.11 Å². The number of carbonyl (C=O) groups excluding carboxylic acids is 2. The van der Waals surface area contributed by atoms with Gasteiger partial charge in [-0.15, -0.1) is 11.3 Å². The average Bonchev–Trinajstić information content (AvgIpc) is 2.92. The molecular weight excluding hydrogens is 398 g/mol. The number of nitrogens with one attached hydrogen (secondary N) is 2. The van der Waals surface area contributed by atoms with Crippen molar-refractivity contribution in [1.82, 2.24) is 5.32 Å². The molecule has 0 fully saturated rings. The Balaban J connectivity index is 1.95. The molecule has 0 atom stereocenters. The Bertz CT molecular complexity index is 863. The van der Waals surface area contributed by atoms with Gasteiger partial charge in [-0.1, -0.05) is 0 Å². The fraction of sp³-hybridized carbons (Fsp3) is 0.316. The smallest absolute Gasteiger partial charge is 0.257 e. The molecule has 0 radical (unpaired) electrons. The second-order valence-corrected chi connectivity index (χ2v) is 7.46. The van der Waals surface area contributed by atoms with Crippen LogP contribution in [0.5, 0.6) is 5.75 Å². The molecule has 0 aliphatic rings. The lowest BCUT2D eigenvalue weighted by atomic mass is 10.1. The lowest BCUT2D eigenvalue weighted by molar-refractivity contribution is 0.0975. The number of carbonyl (C=O) groups is 2. The first-order valence-corrected chi connectivity index (χ1v) is 9.88. The average molecular weight is 422 g/mol. The van der Waals surface area contributed by atoms with Gasteiger partial charge >= 0.3 is 0 Å². The van der Waals surface area contributed by atoms with Crippen molar-refractivity contribution in [3.63, 3.8) is 0 Å². The first-order valence-electron chi connectivity index (χ1n) is 8.66. The fourth-order valence-corrected chi connectivity index (χ4v) is 3.72. The third-order valence-corrected chi connectivity index (χ3v) is 5.23. The summed E-state index contributed by atoms with van der Waals surface area (Å²) in [5.74, 6) is -0.269. The van der Waals surface area contributed by atoms with Crippen LogP contribution in [-0.2, 0) is 4.74 Å². The van der Waals surface area contributed by atoms with E-state index in [1.807, 2.05) is 20.8 Å². The minimum atomic E-state index is -0.543. The second kappa shape index (κ2) is 10.2. The first kappa shape index (κ1) is 21.8. The van der Waals surface area contributed by atoms with Crippen molar-refractivity contribution in [1.29, 1.82) is 0 Å². The Morgan fingerprint density at radius 2 is 1.86 bits per heavy atom. The summed E-state index contributed by atoms with van der Waals surface area (Å²) < 4.78 is 10.7. The Kier molecular flexibility index (Phi) is 7.91. The molecule has 1 heterocycles. The van der Waals surface area contributed by atoms with Crippen molar-refractivity contribution in [3.05, 3.63) is 45.8 Å². The number of ether oxygens (including phenoxy) is 2. The summed E-state index contributed by atoms with van der Waals surface area (Å²) in [5, 5.41) is 6.09. The van der Waals surface area contributed by atoms with Gasteiger partial charge < -0.3 is 20.5 Å². The predicted molar refractivity (Wildman–Crippen MR) is 114 cm³/mol. The number of amides is 2. The maximum Gasteiger partial charge on any atom is 0.257 e. The van der Waals surface area contributed by atoms with Crippen molar-refractivity contribution < 1.29 is 19.1 Å². The molecule has 2 rings (SSSR count). The topological polar surface area (TPSA) is 103 Å². The summed E-state index contributed by atoms with van der Waals surface area (Å²) in [6.07, 6.45) is 0. The van der Waals surface area contributed by atoms with Gasteiger partial charge in [0.05, 0.1) is 12.2 Å². The molecule has 0 spiro atoms. The Morgan fingerprint density at radius 1 is 1.18 bits per heavy atom. The molecule has 0 bridgehead atoms. The van der Waals surface area contributed by atoms with Crippen molar-refractivity contribution in [3.8, 4) is 5.75 Å². The van der Waals surface area contributed by atoms with Crippen LogP contribution >= 0.6 is 23.6 Å². The summed E-state index contributed by atoms with van der Waals surface area (Å²) in [7, 11) is 0. The lowest BCUT2D eigenvalue weighted by Crippen LogP contribution is -2.34. The SMILES string of the molecule is CCOCCOc1ccc(C(=O)NC(=S)Nc2sc(C)c(C)c2C(N)=O)cc1. The third kappa shape index (κ3) is 5.75. The summed E-state index contributed by atoms with van der Waals surface area (Å²) in [5.41, 5.74) is 7.05. The molecule has 2 aromatic rings. The van der Waals surface area contributed by atoms with Gasteiger partial charge in [0.1, 0.15) is 17.4 Å². The van der Waals surface area contributed by atoms with E-state index in [0.717, 1.165) is 10.4 Å². The van der Waals surface area contributed by atoms with Gasteiger partial charge in [-0.2, -0.15) is 0 Å². The van der Waals surface area contributed by atoms with Crippen molar-refractivity contribution in [2.24, 2.45) is 5.73 Å². The fourth-order valence-electron chi connectivity index (χ4n) is 2.39. The summed E-state index contributed by atoms with van der Waals surface area (Å²) in [6, 6.07) is 6.69. The molecule has 1 aromatic carbocycles. The molecule has 0 saturated carbocycles. The molecule has 0 aliphatic carbocycles. The molecular formula is C19H23N3O4S2. The summed E-state index contributed by atoms with van der Waals surface area (Å²) in [4.78, 5) is 25.0. The van der Waals surface area contributed by atoms with Gasteiger partial charge in [0, 0.05) is 17.0 Å². The molecule has 2 amide bonds. The zero-order chi connectivity index (χ0) is 20.7. The van der Waals surface area contributed by atoms with Crippen LogP contribution in [0.4, 0.5) is 5.00 Å². The van der Waals surface area contributed by atoms with Crippen LogP contribution in [-0.4, -0.2) is 36.7 Å². The molecule has 28 heavy (non-hydrogen) atoms. The normalized spacial score (nSPS) is 10.4. The van der Waals surface area contributed by atoms with E-state index < -0.39 is 5.91 Å². The van der Waals surface area contributed by atoms with Gasteiger partial charge in [-0.25, -0.2) is 0 Å². The van der Waals surface area contributed by atoms with E-state index in [9.17, 15) is 9.59 Å². The number of primary amides is 1. The molecule has 0 aliphatic heterocycles. The van der Waals surface area contributed by atoms with Gasteiger partial charge in [0.2, 0.25) is 0 Å². The number of thiocarbonyl (C=S) groups is 1. The maximum absolute atomic E-state index is 12.4. The number of hydrogen-bond acceptors (Lipinski definition) is 6. The van der Waals surface area contributed by atoms with E-state index in [1.165, 1.54) is 11.3 Å². The highest BCUT2D eigenvalue weighted by Crippen LogP contribution is 2.31. The van der Waals surface area contributed by atoms with Crippen LogP contribution in [0.1, 0.15) is 38.1 Å². The molecule has 0 saturated heterocycles. The van der Waals surface area contributed by atoms with Crippen LogP contribution in [0.15, 0.2) is 24.3 Å². The van der Waals surface area contributed by atoms with Crippen LogP contribution < -0.4 is 21.1 Å². The van der Waals surface area contributed by atoms with E-state index >= 15 is 0 Å². The minimum absolute atomic E-state index is 0.0887. The highest BCUT2D eigenvalue weighted by atomic mass is 32.1. The van der Waals surface area contributed by atoms with Crippen molar-refractivity contribution in [2.45, 2.75) is 20.8 Å². The highest BCUT2D eigenvalue weighted by Gasteiger charge is 2.18. The Hall–Kier alpha value is -2.49. The summed E-state index contributed by atoms with van der Waals surface area (Å²) in [6.45, 7) is 7.21. The molecule has 0 unspecified atom stereocenters. The lowest BCUT2D eigenvalue weighted by Gasteiger charge is -2.10. The molecule has 1 aromatic heterocycles. The van der Waals surface area contributed by atoms with E-state index in [-0.39, 0.29) is 11.0 Å². The number of anilines is 1. The number of benzene rings is 1. The van der Waals surface area contributed by atoms with Crippen molar-refractivity contribution in [2.75, 3.05) is 25.1 Å². The maximum atomic E-state index is 12.4. The number of hydrogen-bond donors (Lipinski definition) is 3. The van der Waals surface area contributed by atoms with Crippen LogP contribution in [0, 0.1) is 13.8 Å². The standard InChI is InChI=1S/C19H23N3O4S2/c1-4-25-9-10-26-14-7-5-13(6-8-14)17(24)21-19(27)22-18-15(16(20)23)11(2)12(3)28-18/h5-8H,4,9-10H2,1-3H3,(H2,20,23)(H2,21,22,24,27). The molecule has 9 heteroatoms. The largest absolute Gasteiger partial charge is 0.491 e. The third-order valence-electron chi connectivity index (χ3n) is 3.90. The minimum Gasteiger partial charge on any atom is -0.491 e. The van der Waals surface area contributed by atoms with Gasteiger partial charge in [0.25, 0.3) is 11.8 Å². The quantitative estimate of drug-likeness (QED) is 0.447. The van der Waals surface area contributed by atoms with E-state index in [4.69, 9.17) is 27.4 Å². The van der Waals surface area contributed by atoms with E-state index in [0.29, 0.717) is 41.7 Å². The monoisotopic (exact) mass is 421 g/mol. The van der Waals surface area contributed by atoms with Crippen LogP contribution in [0.25, 0.3) is 0 Å². The first-order chi connectivity index (χ1) is 13.3. The van der Waals surface area contributed by atoms with E-state index in [2.05, 4.69) is 10.6 Å². The molecule has 7 nitrogen and oxygen atoms in total. The van der Waals surface area contributed by atoms with Crippen molar-refractivity contribution >= 4 is 45.5 Å². The van der Waals surface area contributed by atoms with Crippen LogP contribution in [0.2, 0.25) is 0 Å².